The molecule has 2 aromatic carbocycles. The van der Waals surface area contributed by atoms with Crippen LogP contribution in [0.4, 0.5) is 0 Å². The van der Waals surface area contributed by atoms with Crippen molar-refractivity contribution in [1.29, 1.82) is 0 Å². The van der Waals surface area contributed by atoms with Gasteiger partial charge in [-0.2, -0.15) is 0 Å². The Morgan fingerprint density at radius 3 is 2.66 bits per heavy atom. The zero-order valence-corrected chi connectivity index (χ0v) is 16.3. The summed E-state index contributed by atoms with van der Waals surface area (Å²) in [6.45, 7) is 0.337. The number of fused-ring (bicyclic) bond motifs is 1. The number of rotatable bonds is 7. The van der Waals surface area contributed by atoms with Gasteiger partial charge in [-0.25, -0.2) is 0 Å². The molecule has 7 heteroatoms. The fourth-order valence-corrected chi connectivity index (χ4v) is 3.23. The first-order valence-electron chi connectivity index (χ1n) is 9.24. The molecule has 4 aromatic rings. The second-order valence-electron chi connectivity index (χ2n) is 6.44. The Labute approximate surface area is 173 Å². The predicted octanol–water partition coefficient (Wildman–Crippen LogP) is 3.79. The second kappa shape index (κ2) is 8.75. The summed E-state index contributed by atoms with van der Waals surface area (Å²) >= 11 is 6.32. The van der Waals surface area contributed by atoms with Crippen LogP contribution in [-0.4, -0.2) is 33.7 Å². The van der Waals surface area contributed by atoms with E-state index >= 15 is 0 Å². The monoisotopic (exact) mass is 406 g/mol. The van der Waals surface area contributed by atoms with Gasteiger partial charge in [0.15, 0.2) is 12.3 Å². The SMILES string of the molecule is O=C(COc1ccc(-c2ccccc2)cc1Cl)NCCc1nnc2ccccn12. The fraction of sp³-hybridized carbons (Fsp3) is 0.136. The van der Waals surface area contributed by atoms with Crippen LogP contribution in [0.25, 0.3) is 16.8 Å². The number of benzene rings is 2. The van der Waals surface area contributed by atoms with Gasteiger partial charge in [0, 0.05) is 19.2 Å². The lowest BCUT2D eigenvalue weighted by Gasteiger charge is -2.10. The molecule has 0 saturated carbocycles. The van der Waals surface area contributed by atoms with E-state index in [2.05, 4.69) is 15.5 Å². The Balaban J connectivity index is 1.28. The topological polar surface area (TPSA) is 68.5 Å². The van der Waals surface area contributed by atoms with Crippen LogP contribution in [-0.2, 0) is 11.2 Å². The number of pyridine rings is 1. The van der Waals surface area contributed by atoms with E-state index in [0.29, 0.717) is 23.7 Å². The van der Waals surface area contributed by atoms with Crippen LogP contribution in [0.2, 0.25) is 5.02 Å². The van der Waals surface area contributed by atoms with Crippen LogP contribution in [0.5, 0.6) is 5.75 Å². The van der Waals surface area contributed by atoms with Crippen LogP contribution < -0.4 is 10.1 Å². The highest BCUT2D eigenvalue weighted by atomic mass is 35.5. The standard InChI is InChI=1S/C22H19ClN4O2/c23-18-14-17(16-6-2-1-3-7-16)9-10-19(18)29-15-22(28)24-12-11-21-26-25-20-8-4-5-13-27(20)21/h1-10,13-14H,11-12,15H2,(H,24,28). The summed E-state index contributed by atoms with van der Waals surface area (Å²) in [7, 11) is 0. The molecule has 0 saturated heterocycles. The lowest BCUT2D eigenvalue weighted by molar-refractivity contribution is -0.123. The van der Waals surface area contributed by atoms with Gasteiger partial charge in [0.25, 0.3) is 5.91 Å². The normalized spacial score (nSPS) is 10.8. The maximum absolute atomic E-state index is 12.1. The van der Waals surface area contributed by atoms with Crippen LogP contribution in [0.3, 0.4) is 0 Å². The molecule has 1 amide bonds. The third-order valence-corrected chi connectivity index (χ3v) is 4.75. The van der Waals surface area contributed by atoms with Crippen molar-refractivity contribution in [1.82, 2.24) is 19.9 Å². The van der Waals surface area contributed by atoms with Crippen molar-refractivity contribution in [3.8, 4) is 16.9 Å². The van der Waals surface area contributed by atoms with Crippen molar-refractivity contribution in [2.45, 2.75) is 6.42 Å². The first-order chi connectivity index (χ1) is 14.2. The van der Waals surface area contributed by atoms with E-state index in [4.69, 9.17) is 16.3 Å². The minimum absolute atomic E-state index is 0.106. The summed E-state index contributed by atoms with van der Waals surface area (Å²) in [5.41, 5.74) is 2.85. The number of amides is 1. The number of hydrogen-bond donors (Lipinski definition) is 1. The van der Waals surface area contributed by atoms with Gasteiger partial charge in [0.1, 0.15) is 11.6 Å². The molecule has 0 bridgehead atoms. The van der Waals surface area contributed by atoms with Crippen molar-refractivity contribution in [3.05, 3.63) is 83.8 Å². The molecule has 146 valence electrons. The van der Waals surface area contributed by atoms with Crippen molar-refractivity contribution in [2.24, 2.45) is 0 Å². The zero-order chi connectivity index (χ0) is 20.1. The van der Waals surface area contributed by atoms with E-state index < -0.39 is 0 Å². The first-order valence-corrected chi connectivity index (χ1v) is 9.61. The van der Waals surface area contributed by atoms with E-state index in [1.807, 2.05) is 71.3 Å². The maximum Gasteiger partial charge on any atom is 0.257 e. The van der Waals surface area contributed by atoms with Gasteiger partial charge >= 0.3 is 0 Å². The number of nitrogens with one attached hydrogen (secondary N) is 1. The van der Waals surface area contributed by atoms with Crippen molar-refractivity contribution in [3.63, 3.8) is 0 Å². The van der Waals surface area contributed by atoms with Gasteiger partial charge in [-0.15, -0.1) is 10.2 Å². The summed E-state index contributed by atoms with van der Waals surface area (Å²) in [5.74, 6) is 1.05. The molecule has 0 unspecified atom stereocenters. The molecule has 1 N–H and O–H groups in total. The highest BCUT2D eigenvalue weighted by Gasteiger charge is 2.09. The van der Waals surface area contributed by atoms with Gasteiger partial charge in [-0.1, -0.05) is 54.1 Å². The lowest BCUT2D eigenvalue weighted by Crippen LogP contribution is -2.30. The molecule has 0 spiro atoms. The molecule has 0 radical (unpaired) electrons. The molecule has 0 aliphatic rings. The molecular formula is C22H19ClN4O2. The van der Waals surface area contributed by atoms with Gasteiger partial charge in [0.05, 0.1) is 5.02 Å². The predicted molar refractivity (Wildman–Crippen MR) is 112 cm³/mol. The smallest absolute Gasteiger partial charge is 0.257 e. The highest BCUT2D eigenvalue weighted by molar-refractivity contribution is 6.32. The largest absolute Gasteiger partial charge is 0.482 e. The molecule has 2 aromatic heterocycles. The zero-order valence-electron chi connectivity index (χ0n) is 15.6. The third-order valence-electron chi connectivity index (χ3n) is 4.45. The molecule has 29 heavy (non-hydrogen) atoms. The van der Waals surface area contributed by atoms with Crippen LogP contribution in [0.1, 0.15) is 5.82 Å². The van der Waals surface area contributed by atoms with Crippen LogP contribution in [0, 0.1) is 0 Å². The molecule has 6 nitrogen and oxygen atoms in total. The van der Waals surface area contributed by atoms with E-state index in [0.717, 1.165) is 22.6 Å². The van der Waals surface area contributed by atoms with Crippen LogP contribution in [0.15, 0.2) is 72.9 Å². The number of carbonyl (C=O) groups excluding carboxylic acids is 1. The fourth-order valence-electron chi connectivity index (χ4n) is 3.00. The maximum atomic E-state index is 12.1. The summed E-state index contributed by atoms with van der Waals surface area (Å²) in [4.78, 5) is 12.1. The lowest BCUT2D eigenvalue weighted by atomic mass is 10.1. The number of hydrogen-bond acceptors (Lipinski definition) is 4. The van der Waals surface area contributed by atoms with Gasteiger partial charge in [-0.3, -0.25) is 9.20 Å². The van der Waals surface area contributed by atoms with Gasteiger partial charge < -0.3 is 10.1 Å². The Hall–Kier alpha value is -3.38. The quantitative estimate of drug-likeness (QED) is 0.507. The van der Waals surface area contributed by atoms with Crippen molar-refractivity contribution >= 4 is 23.2 Å². The summed E-state index contributed by atoms with van der Waals surface area (Å²) in [6, 6.07) is 21.2. The minimum atomic E-state index is -0.220. The van der Waals surface area contributed by atoms with E-state index in [1.165, 1.54) is 0 Å². The van der Waals surface area contributed by atoms with E-state index in [1.54, 1.807) is 6.07 Å². The molecule has 0 fully saturated rings. The molecule has 0 aliphatic carbocycles. The number of ether oxygens (including phenoxy) is 1. The van der Waals surface area contributed by atoms with Crippen LogP contribution >= 0.6 is 11.6 Å². The third kappa shape index (κ3) is 4.55. The van der Waals surface area contributed by atoms with Gasteiger partial charge in [0.2, 0.25) is 0 Å². The van der Waals surface area contributed by atoms with Gasteiger partial charge in [-0.05, 0) is 35.4 Å². The Kier molecular flexibility index (Phi) is 5.72. The minimum Gasteiger partial charge on any atom is -0.482 e. The van der Waals surface area contributed by atoms with Crippen molar-refractivity contribution < 1.29 is 9.53 Å². The Morgan fingerprint density at radius 2 is 1.83 bits per heavy atom. The van der Waals surface area contributed by atoms with E-state index in [9.17, 15) is 4.79 Å². The summed E-state index contributed by atoms with van der Waals surface area (Å²) in [5, 5.41) is 11.5. The molecular weight excluding hydrogens is 388 g/mol. The number of aromatic nitrogens is 3. The molecule has 0 aliphatic heterocycles. The highest BCUT2D eigenvalue weighted by Crippen LogP contribution is 2.30. The molecule has 4 rings (SSSR count). The summed E-state index contributed by atoms with van der Waals surface area (Å²) in [6.07, 6.45) is 2.47. The Morgan fingerprint density at radius 1 is 1.00 bits per heavy atom. The average Bonchev–Trinajstić information content (AvgIpc) is 3.17. The van der Waals surface area contributed by atoms with Crippen molar-refractivity contribution in [2.75, 3.05) is 13.2 Å². The Bertz CT molecular complexity index is 1130. The second-order valence-corrected chi connectivity index (χ2v) is 6.85. The average molecular weight is 407 g/mol. The first kappa shape index (κ1) is 19.0. The number of carbonyl (C=O) groups is 1. The molecule has 2 heterocycles. The number of halogens is 1. The summed E-state index contributed by atoms with van der Waals surface area (Å²) < 4.78 is 7.47. The number of nitrogens with zero attached hydrogens (tertiary/aromatic N) is 3. The molecule has 0 atom stereocenters. The van der Waals surface area contributed by atoms with E-state index in [-0.39, 0.29) is 12.5 Å².